The maximum atomic E-state index is 12.3. The van der Waals surface area contributed by atoms with E-state index in [9.17, 15) is 24.0 Å². The Morgan fingerprint density at radius 3 is 1.37 bits per heavy atom. The lowest BCUT2D eigenvalue weighted by molar-refractivity contribution is -0.166. The van der Waals surface area contributed by atoms with E-state index in [1.165, 1.54) is 34.6 Å². The Morgan fingerprint density at radius 2 is 0.930 bits per heavy atom. The molecule has 0 fully saturated rings. The zero-order chi connectivity index (χ0) is 33.1. The van der Waals surface area contributed by atoms with Gasteiger partial charge in [0, 0.05) is 53.4 Å². The summed E-state index contributed by atoms with van der Waals surface area (Å²) >= 11 is 0. The Bertz CT molecular complexity index is 857. The van der Waals surface area contributed by atoms with Crippen molar-refractivity contribution in [1.29, 1.82) is 0 Å². The maximum absolute atomic E-state index is 12.3. The molecule has 10 heteroatoms. The second-order valence-corrected chi connectivity index (χ2v) is 11.8. The molecule has 0 aliphatic rings. The summed E-state index contributed by atoms with van der Waals surface area (Å²) in [5.74, 6) is -2.60. The zero-order valence-corrected chi connectivity index (χ0v) is 28.3. The Labute approximate surface area is 259 Å². The third kappa shape index (κ3) is 17.9. The van der Waals surface area contributed by atoms with Gasteiger partial charge in [-0.05, 0) is 44.4 Å². The second kappa shape index (κ2) is 21.9. The molecule has 0 aliphatic heterocycles. The molecular weight excluding hydrogens is 556 g/mol. The highest BCUT2D eigenvalue weighted by Crippen LogP contribution is 2.34. The van der Waals surface area contributed by atoms with Gasteiger partial charge in [-0.15, -0.1) is 0 Å². The first-order valence-corrected chi connectivity index (χ1v) is 16.0. The third-order valence-corrected chi connectivity index (χ3v) is 7.60. The molecule has 0 aliphatic carbocycles. The standard InChI is InChI=1S/C33H58O10/c1-11-14-17-31(41-25(8)36)29(15-12-2)21(4)18-28(40-24(7)35)20-33(43-27(10)38)30(16-13-3)32(42-26(9)37)19-22(5)39-23(6)34/h21-22,28-33H,11-20H2,1-10H3. The van der Waals surface area contributed by atoms with Crippen LogP contribution in [-0.4, -0.2) is 60.4 Å². The van der Waals surface area contributed by atoms with Crippen molar-refractivity contribution in [1.82, 2.24) is 0 Å². The summed E-state index contributed by atoms with van der Waals surface area (Å²) in [6.45, 7) is 16.7. The molecule has 0 heterocycles. The van der Waals surface area contributed by atoms with Gasteiger partial charge >= 0.3 is 29.8 Å². The topological polar surface area (TPSA) is 132 Å². The molecule has 0 amide bonds. The Balaban J connectivity index is 6.41. The van der Waals surface area contributed by atoms with Crippen molar-refractivity contribution in [2.24, 2.45) is 17.8 Å². The monoisotopic (exact) mass is 614 g/mol. The van der Waals surface area contributed by atoms with Gasteiger partial charge < -0.3 is 23.7 Å². The molecule has 0 aromatic rings. The quantitative estimate of drug-likeness (QED) is 0.0984. The molecule has 0 N–H and O–H groups in total. The van der Waals surface area contributed by atoms with Crippen LogP contribution in [0.2, 0.25) is 0 Å². The van der Waals surface area contributed by atoms with Gasteiger partial charge in [0.15, 0.2) is 0 Å². The molecule has 0 aromatic heterocycles. The van der Waals surface area contributed by atoms with Crippen molar-refractivity contribution >= 4 is 29.8 Å². The molecule has 0 rings (SSSR count). The molecule has 0 spiro atoms. The molecule has 10 nitrogen and oxygen atoms in total. The number of hydrogen-bond donors (Lipinski definition) is 0. The fraction of sp³-hybridized carbons (Fsp3) is 0.848. The number of carbonyl (C=O) groups is 5. The van der Waals surface area contributed by atoms with Gasteiger partial charge in [0.25, 0.3) is 0 Å². The average molecular weight is 615 g/mol. The third-order valence-electron chi connectivity index (χ3n) is 7.60. The van der Waals surface area contributed by atoms with E-state index < -0.39 is 54.2 Å². The summed E-state index contributed by atoms with van der Waals surface area (Å²) in [6.07, 6.45) is 3.68. The van der Waals surface area contributed by atoms with E-state index in [0.29, 0.717) is 19.3 Å². The average Bonchev–Trinajstić information content (AvgIpc) is 2.85. The number of esters is 5. The van der Waals surface area contributed by atoms with Gasteiger partial charge in [0.05, 0.1) is 0 Å². The molecule has 0 bridgehead atoms. The number of hydrogen-bond acceptors (Lipinski definition) is 10. The summed E-state index contributed by atoms with van der Waals surface area (Å²) < 4.78 is 28.5. The first-order chi connectivity index (χ1) is 20.1. The minimum absolute atomic E-state index is 0.0152. The fourth-order valence-corrected chi connectivity index (χ4v) is 6.07. The van der Waals surface area contributed by atoms with Crippen LogP contribution in [0.5, 0.6) is 0 Å². The predicted molar refractivity (Wildman–Crippen MR) is 163 cm³/mol. The van der Waals surface area contributed by atoms with Gasteiger partial charge in [-0.3, -0.25) is 24.0 Å². The van der Waals surface area contributed by atoms with Gasteiger partial charge in [-0.25, -0.2) is 0 Å². The number of unbranched alkanes of at least 4 members (excludes halogenated alkanes) is 1. The van der Waals surface area contributed by atoms with Gasteiger partial charge in [-0.2, -0.15) is 0 Å². The van der Waals surface area contributed by atoms with Crippen LogP contribution in [0.4, 0.5) is 0 Å². The first-order valence-electron chi connectivity index (χ1n) is 16.0. The lowest BCUT2D eigenvalue weighted by atomic mass is 9.78. The maximum Gasteiger partial charge on any atom is 0.302 e. The molecule has 250 valence electrons. The van der Waals surface area contributed by atoms with Crippen LogP contribution in [0.15, 0.2) is 0 Å². The zero-order valence-electron chi connectivity index (χ0n) is 28.3. The summed E-state index contributed by atoms with van der Waals surface area (Å²) in [7, 11) is 0. The Hall–Kier alpha value is -2.65. The summed E-state index contributed by atoms with van der Waals surface area (Å²) in [4.78, 5) is 60.3. The molecule has 43 heavy (non-hydrogen) atoms. The fourth-order valence-electron chi connectivity index (χ4n) is 6.07. The Kier molecular flexibility index (Phi) is 20.6. The van der Waals surface area contributed by atoms with E-state index >= 15 is 0 Å². The normalized spacial score (nSPS) is 16.8. The van der Waals surface area contributed by atoms with Crippen LogP contribution in [-0.2, 0) is 47.7 Å². The van der Waals surface area contributed by atoms with Crippen LogP contribution >= 0.6 is 0 Å². The SMILES string of the molecule is CCCCC(OC(C)=O)C(CCC)C(C)CC(CC(OC(C)=O)C(CCC)C(CC(C)OC(C)=O)OC(C)=O)OC(C)=O. The number of rotatable bonds is 22. The summed E-state index contributed by atoms with van der Waals surface area (Å²) in [5.41, 5.74) is 0. The molecule has 8 unspecified atom stereocenters. The van der Waals surface area contributed by atoms with Crippen LogP contribution in [0.25, 0.3) is 0 Å². The summed E-state index contributed by atoms with van der Waals surface area (Å²) in [5, 5.41) is 0. The lowest BCUT2D eigenvalue weighted by Gasteiger charge is -2.37. The van der Waals surface area contributed by atoms with Crippen molar-refractivity contribution in [2.75, 3.05) is 0 Å². The highest BCUT2D eigenvalue weighted by molar-refractivity contribution is 5.67. The smallest absolute Gasteiger partial charge is 0.302 e. The van der Waals surface area contributed by atoms with Crippen molar-refractivity contribution in [3.05, 3.63) is 0 Å². The number of carbonyl (C=O) groups excluding carboxylic acids is 5. The van der Waals surface area contributed by atoms with E-state index in [4.69, 9.17) is 23.7 Å². The molecule has 0 saturated carbocycles. The second-order valence-electron chi connectivity index (χ2n) is 11.8. The largest absolute Gasteiger partial charge is 0.463 e. The van der Waals surface area contributed by atoms with Gasteiger partial charge in [-0.1, -0.05) is 53.4 Å². The van der Waals surface area contributed by atoms with Crippen LogP contribution in [0.3, 0.4) is 0 Å². The van der Waals surface area contributed by atoms with Crippen molar-refractivity contribution in [3.63, 3.8) is 0 Å². The lowest BCUT2D eigenvalue weighted by Crippen LogP contribution is -2.42. The molecular formula is C33H58O10. The predicted octanol–water partition coefficient (Wildman–Crippen LogP) is 6.49. The minimum Gasteiger partial charge on any atom is -0.463 e. The van der Waals surface area contributed by atoms with E-state index in [-0.39, 0.29) is 36.8 Å². The van der Waals surface area contributed by atoms with Crippen molar-refractivity contribution in [2.45, 2.75) is 164 Å². The molecule has 0 aromatic carbocycles. The van der Waals surface area contributed by atoms with Crippen molar-refractivity contribution in [3.8, 4) is 0 Å². The van der Waals surface area contributed by atoms with Crippen LogP contribution < -0.4 is 0 Å². The van der Waals surface area contributed by atoms with E-state index in [2.05, 4.69) is 20.8 Å². The highest BCUT2D eigenvalue weighted by Gasteiger charge is 2.38. The highest BCUT2D eigenvalue weighted by atomic mass is 16.6. The molecule has 8 atom stereocenters. The number of ether oxygens (including phenoxy) is 5. The van der Waals surface area contributed by atoms with Crippen molar-refractivity contribution < 1.29 is 47.7 Å². The Morgan fingerprint density at radius 1 is 0.488 bits per heavy atom. The summed E-state index contributed by atoms with van der Waals surface area (Å²) in [6, 6.07) is 0. The van der Waals surface area contributed by atoms with Gasteiger partial charge in [0.2, 0.25) is 0 Å². The molecule has 0 saturated heterocycles. The van der Waals surface area contributed by atoms with E-state index in [0.717, 1.165) is 32.1 Å². The van der Waals surface area contributed by atoms with Crippen LogP contribution in [0, 0.1) is 17.8 Å². The first kappa shape index (κ1) is 40.4. The van der Waals surface area contributed by atoms with E-state index in [1.807, 2.05) is 6.92 Å². The minimum atomic E-state index is -0.739. The molecule has 0 radical (unpaired) electrons. The van der Waals surface area contributed by atoms with Gasteiger partial charge in [0.1, 0.15) is 30.5 Å². The van der Waals surface area contributed by atoms with E-state index in [1.54, 1.807) is 6.92 Å². The van der Waals surface area contributed by atoms with Crippen LogP contribution in [0.1, 0.15) is 133 Å².